The van der Waals surface area contributed by atoms with Gasteiger partial charge in [-0.1, -0.05) is 42.1 Å². The number of rotatable bonds is 4. The number of thioether (sulfide) groups is 1. The number of piperidine rings is 1. The molecule has 9 heteroatoms. The second-order valence-electron chi connectivity index (χ2n) is 9.36. The van der Waals surface area contributed by atoms with Crippen molar-refractivity contribution in [2.45, 2.75) is 49.2 Å². The Morgan fingerprint density at radius 2 is 2.03 bits per heavy atom. The van der Waals surface area contributed by atoms with Crippen LogP contribution in [0.1, 0.15) is 25.7 Å². The van der Waals surface area contributed by atoms with Crippen LogP contribution < -0.4 is 26.6 Å². The maximum Gasteiger partial charge on any atom is 0.326 e. The Balaban J connectivity index is 1.31. The highest BCUT2D eigenvalue weighted by Crippen LogP contribution is 2.48. The zero-order chi connectivity index (χ0) is 23.2. The Morgan fingerprint density at radius 3 is 2.82 bits per heavy atom. The number of urea groups is 1. The average molecular weight is 477 g/mol. The average Bonchev–Trinajstić information content (AvgIpc) is 3.44. The van der Waals surface area contributed by atoms with Gasteiger partial charge in [0.1, 0.15) is 0 Å². The minimum atomic E-state index is -0.201. The van der Waals surface area contributed by atoms with E-state index in [9.17, 15) is 9.59 Å². The minimum Gasteiger partial charge on any atom is -0.347 e. The summed E-state index contributed by atoms with van der Waals surface area (Å²) in [6, 6.07) is 13.6. The molecule has 1 saturated carbocycles. The number of nitrogens with zero attached hydrogens (tertiary/aromatic N) is 2. The first kappa shape index (κ1) is 21.6. The van der Waals surface area contributed by atoms with Crippen molar-refractivity contribution in [3.63, 3.8) is 0 Å². The van der Waals surface area contributed by atoms with Crippen LogP contribution in [-0.4, -0.2) is 47.0 Å². The molecule has 0 bridgehead atoms. The summed E-state index contributed by atoms with van der Waals surface area (Å²) < 4.78 is 0. The fraction of sp³-hybridized carbons (Fsp3) is 0.400. The normalized spacial score (nSPS) is 30.2. The number of pyridine rings is 1. The van der Waals surface area contributed by atoms with Gasteiger partial charge in [-0.3, -0.25) is 14.7 Å². The molecular weight excluding hydrogens is 448 g/mol. The predicted octanol–water partition coefficient (Wildman–Crippen LogP) is 2.54. The van der Waals surface area contributed by atoms with Gasteiger partial charge in [0.05, 0.1) is 22.0 Å². The highest BCUT2D eigenvalue weighted by Gasteiger charge is 2.52. The van der Waals surface area contributed by atoms with E-state index in [0.717, 1.165) is 54.9 Å². The fourth-order valence-corrected chi connectivity index (χ4v) is 7.06. The Hall–Kier alpha value is -2.88. The van der Waals surface area contributed by atoms with Crippen molar-refractivity contribution < 1.29 is 9.59 Å². The van der Waals surface area contributed by atoms with Crippen molar-refractivity contribution in [3.05, 3.63) is 59.3 Å². The monoisotopic (exact) mass is 476 g/mol. The molecule has 3 unspecified atom stereocenters. The molecule has 0 radical (unpaired) electrons. The lowest BCUT2D eigenvalue weighted by Gasteiger charge is -2.45. The van der Waals surface area contributed by atoms with Gasteiger partial charge >= 0.3 is 6.03 Å². The number of aromatic nitrogens is 1. The first-order chi connectivity index (χ1) is 16.6. The van der Waals surface area contributed by atoms with Gasteiger partial charge in [0.15, 0.2) is 0 Å². The third kappa shape index (κ3) is 3.68. The molecule has 3 amide bonds. The number of benzene rings is 1. The molecule has 4 aliphatic rings. The number of nitrogens with two attached hydrogens (primary N) is 1. The third-order valence-corrected chi connectivity index (χ3v) is 8.68. The summed E-state index contributed by atoms with van der Waals surface area (Å²) in [7, 11) is 0. The molecule has 2 saturated heterocycles. The lowest BCUT2D eigenvalue weighted by molar-refractivity contribution is -0.117. The third-order valence-electron chi connectivity index (χ3n) is 7.32. The first-order valence-electron chi connectivity index (χ1n) is 11.9. The summed E-state index contributed by atoms with van der Waals surface area (Å²) in [5, 5.41) is 9.79. The van der Waals surface area contributed by atoms with Gasteiger partial charge in [-0.25, -0.2) is 4.79 Å². The Morgan fingerprint density at radius 1 is 1.18 bits per heavy atom. The van der Waals surface area contributed by atoms with Crippen LogP contribution in [0.3, 0.4) is 0 Å². The second-order valence-corrected chi connectivity index (χ2v) is 10.5. The van der Waals surface area contributed by atoms with Crippen molar-refractivity contribution in [1.29, 1.82) is 0 Å². The standard InChI is InChI=1S/C25H28N6O2S/c26-16-7-4-8-17(16)29-23(32)22-21-20-19(10-12-28-24(20)34-22)31(25(33)30-21)15-9-11-27-18(13-15)14-5-2-1-3-6-14/h1-3,5-6,9,11,13,16-17,19-20,24,28H,4,7-8,10,12,26H2,(H,29,32)(H,30,33)/t16-,17+,19?,20?,24?/m0/s1. The summed E-state index contributed by atoms with van der Waals surface area (Å²) in [6.07, 6.45) is 5.43. The molecule has 5 N–H and O–H groups in total. The molecule has 176 valence electrons. The molecule has 3 aliphatic heterocycles. The predicted molar refractivity (Wildman–Crippen MR) is 133 cm³/mol. The topological polar surface area (TPSA) is 112 Å². The summed E-state index contributed by atoms with van der Waals surface area (Å²) >= 11 is 1.52. The lowest BCUT2D eigenvalue weighted by atomic mass is 9.86. The van der Waals surface area contributed by atoms with E-state index >= 15 is 0 Å². The number of hydrogen-bond acceptors (Lipinski definition) is 6. The van der Waals surface area contributed by atoms with E-state index in [4.69, 9.17) is 5.73 Å². The number of anilines is 1. The van der Waals surface area contributed by atoms with Crippen molar-refractivity contribution >= 4 is 29.4 Å². The van der Waals surface area contributed by atoms with Crippen LogP contribution in [0.25, 0.3) is 11.3 Å². The minimum absolute atomic E-state index is 0.00315. The van der Waals surface area contributed by atoms with Gasteiger partial charge in [-0.2, -0.15) is 0 Å². The molecule has 4 heterocycles. The van der Waals surface area contributed by atoms with E-state index in [1.807, 2.05) is 47.4 Å². The van der Waals surface area contributed by atoms with Crippen LogP contribution in [0.15, 0.2) is 59.3 Å². The summed E-state index contributed by atoms with van der Waals surface area (Å²) in [5.74, 6) is -0.107. The SMILES string of the molecule is N[C@H]1CCC[C@H]1NC(=O)C1=C2NC(=O)N(c3ccnc(-c4ccccc4)c3)C3CCNC(S1)C23. The van der Waals surface area contributed by atoms with Gasteiger partial charge in [0.2, 0.25) is 0 Å². The first-order valence-corrected chi connectivity index (χ1v) is 12.8. The van der Waals surface area contributed by atoms with Crippen molar-refractivity contribution in [2.24, 2.45) is 11.7 Å². The highest BCUT2D eigenvalue weighted by atomic mass is 32.2. The van der Waals surface area contributed by atoms with E-state index in [1.165, 1.54) is 11.8 Å². The van der Waals surface area contributed by atoms with Crippen LogP contribution in [0.5, 0.6) is 0 Å². The van der Waals surface area contributed by atoms with Gasteiger partial charge in [-0.05, 0) is 44.4 Å². The largest absolute Gasteiger partial charge is 0.347 e. The summed E-state index contributed by atoms with van der Waals surface area (Å²) in [5.41, 5.74) is 9.56. The number of hydrogen-bond donors (Lipinski definition) is 4. The molecule has 6 rings (SSSR count). The van der Waals surface area contributed by atoms with Gasteiger partial charge in [-0.15, -0.1) is 0 Å². The molecule has 1 aromatic heterocycles. The highest BCUT2D eigenvalue weighted by molar-refractivity contribution is 8.04. The molecule has 5 atom stereocenters. The number of nitrogens with one attached hydrogen (secondary N) is 3. The van der Waals surface area contributed by atoms with Crippen LogP contribution in [0.2, 0.25) is 0 Å². The van der Waals surface area contributed by atoms with E-state index < -0.39 is 0 Å². The zero-order valence-corrected chi connectivity index (χ0v) is 19.6. The Kier molecular flexibility index (Phi) is 5.55. The van der Waals surface area contributed by atoms with E-state index in [0.29, 0.717) is 4.91 Å². The molecule has 8 nitrogen and oxygen atoms in total. The lowest BCUT2D eigenvalue weighted by Crippen LogP contribution is -2.62. The summed E-state index contributed by atoms with van der Waals surface area (Å²) in [6.45, 7) is 0.787. The quantitative estimate of drug-likeness (QED) is 0.540. The smallest absolute Gasteiger partial charge is 0.326 e. The molecule has 2 aromatic rings. The van der Waals surface area contributed by atoms with Crippen molar-refractivity contribution in [1.82, 2.24) is 20.9 Å². The van der Waals surface area contributed by atoms with Gasteiger partial charge < -0.3 is 21.7 Å². The molecule has 34 heavy (non-hydrogen) atoms. The van der Waals surface area contributed by atoms with Crippen LogP contribution in [0, 0.1) is 5.92 Å². The molecule has 0 spiro atoms. The number of carbonyl (C=O) groups is 2. The van der Waals surface area contributed by atoms with Gasteiger partial charge in [0, 0.05) is 41.1 Å². The number of carbonyl (C=O) groups excluding carboxylic acids is 2. The van der Waals surface area contributed by atoms with E-state index in [1.54, 1.807) is 6.20 Å². The zero-order valence-electron chi connectivity index (χ0n) is 18.7. The maximum absolute atomic E-state index is 13.4. The van der Waals surface area contributed by atoms with Crippen LogP contribution in [0.4, 0.5) is 10.5 Å². The van der Waals surface area contributed by atoms with Crippen molar-refractivity contribution in [3.8, 4) is 11.3 Å². The molecule has 1 aliphatic carbocycles. The molecule has 3 fully saturated rings. The fourth-order valence-electron chi connectivity index (χ4n) is 5.66. The molecule has 1 aromatic carbocycles. The van der Waals surface area contributed by atoms with Crippen molar-refractivity contribution in [2.75, 3.05) is 11.4 Å². The van der Waals surface area contributed by atoms with E-state index in [2.05, 4.69) is 20.9 Å². The Labute approximate surface area is 202 Å². The molecular formula is C25H28N6O2S. The second kappa shape index (κ2) is 8.72. The summed E-state index contributed by atoms with van der Waals surface area (Å²) in [4.78, 5) is 33.6. The van der Waals surface area contributed by atoms with Crippen LogP contribution in [-0.2, 0) is 4.79 Å². The van der Waals surface area contributed by atoms with Crippen LogP contribution >= 0.6 is 11.8 Å². The van der Waals surface area contributed by atoms with E-state index in [-0.39, 0.29) is 41.4 Å². The number of amides is 3. The Bertz CT molecular complexity index is 1160. The van der Waals surface area contributed by atoms with Gasteiger partial charge in [0.25, 0.3) is 5.91 Å². The maximum atomic E-state index is 13.4.